The van der Waals surface area contributed by atoms with Crippen molar-refractivity contribution in [2.24, 2.45) is 0 Å². The number of para-hydroxylation sites is 3. The van der Waals surface area contributed by atoms with E-state index in [4.69, 9.17) is 13.8 Å². The van der Waals surface area contributed by atoms with Crippen molar-refractivity contribution in [1.82, 2.24) is 19.5 Å². The van der Waals surface area contributed by atoms with E-state index < -0.39 is 34.3 Å². The number of aromatic hydroxyl groups is 5. The minimum absolute atomic E-state index is 0.133. The molecule has 7 aromatic carbocycles. The highest BCUT2D eigenvalue weighted by atomic mass is 16.4. The van der Waals surface area contributed by atoms with E-state index in [1.165, 1.54) is 0 Å². The Kier molecular flexibility index (Phi) is 6.45. The highest BCUT2D eigenvalue weighted by Gasteiger charge is 2.28. The van der Waals surface area contributed by atoms with Crippen molar-refractivity contribution in [3.05, 3.63) is 127 Å². The van der Waals surface area contributed by atoms with Gasteiger partial charge in [-0.3, -0.25) is 0 Å². The zero-order valence-electron chi connectivity index (χ0n) is 29.0. The molecule has 0 amide bonds. The van der Waals surface area contributed by atoms with E-state index in [-0.39, 0.29) is 17.5 Å². The number of phenols is 5. The van der Waals surface area contributed by atoms with Crippen LogP contribution in [0.5, 0.6) is 28.7 Å². The van der Waals surface area contributed by atoms with Crippen LogP contribution in [-0.4, -0.2) is 45.1 Å². The lowest BCUT2D eigenvalue weighted by Crippen LogP contribution is -2.01. The van der Waals surface area contributed by atoms with Gasteiger partial charge < -0.3 is 38.9 Å². The first-order valence-corrected chi connectivity index (χ1v) is 17.6. The number of benzene rings is 7. The van der Waals surface area contributed by atoms with Crippen molar-refractivity contribution >= 4 is 65.7 Å². The molecule has 5 N–H and O–H groups in total. The summed E-state index contributed by atoms with van der Waals surface area (Å²) in [6, 6.07) is 41.5. The molecule has 268 valence electrons. The molecule has 11 rings (SSSR count). The van der Waals surface area contributed by atoms with Crippen molar-refractivity contribution in [2.75, 3.05) is 0 Å². The van der Waals surface area contributed by atoms with E-state index in [0.29, 0.717) is 33.5 Å². The van der Waals surface area contributed by atoms with E-state index in [1.54, 1.807) is 12.1 Å². The predicted octanol–water partition coefficient (Wildman–Crippen LogP) is 10.3. The Balaban J connectivity index is 1.09. The van der Waals surface area contributed by atoms with Crippen LogP contribution < -0.4 is 0 Å². The summed E-state index contributed by atoms with van der Waals surface area (Å²) in [5.74, 6) is -5.06. The minimum atomic E-state index is -1.09. The smallest absolute Gasteiger partial charge is 0.208 e. The number of fused-ring (bicyclic) bond motifs is 9. The molecule has 56 heavy (non-hydrogen) atoms. The van der Waals surface area contributed by atoms with Crippen molar-refractivity contribution in [1.29, 1.82) is 0 Å². The second kappa shape index (κ2) is 11.5. The fourth-order valence-electron chi connectivity index (χ4n) is 7.75. The third kappa shape index (κ3) is 4.48. The monoisotopic (exact) mass is 734 g/mol. The first kappa shape index (κ1) is 31.5. The second-order valence-corrected chi connectivity index (χ2v) is 13.6. The van der Waals surface area contributed by atoms with Gasteiger partial charge in [0, 0.05) is 49.1 Å². The molecule has 0 radical (unpaired) electrons. The molecule has 0 saturated carbocycles. The summed E-state index contributed by atoms with van der Waals surface area (Å²) in [6.07, 6.45) is 0. The zero-order valence-corrected chi connectivity index (χ0v) is 29.0. The van der Waals surface area contributed by atoms with Gasteiger partial charge in [-0.2, -0.15) is 0 Å². The summed E-state index contributed by atoms with van der Waals surface area (Å²) in [6.45, 7) is 0. The zero-order chi connectivity index (χ0) is 37.8. The van der Waals surface area contributed by atoms with Gasteiger partial charge in [0.1, 0.15) is 27.9 Å². The van der Waals surface area contributed by atoms with Crippen LogP contribution in [0.2, 0.25) is 0 Å². The number of rotatable bonds is 4. The lowest BCUT2D eigenvalue weighted by molar-refractivity contribution is 0.329. The maximum Gasteiger partial charge on any atom is 0.208 e. The number of aromatic nitrogens is 4. The van der Waals surface area contributed by atoms with Crippen LogP contribution in [0.3, 0.4) is 0 Å². The van der Waals surface area contributed by atoms with Crippen molar-refractivity contribution in [3.8, 4) is 68.6 Å². The van der Waals surface area contributed by atoms with Crippen LogP contribution in [0.1, 0.15) is 0 Å². The van der Waals surface area contributed by atoms with Gasteiger partial charge in [-0.15, -0.1) is 0 Å². The fraction of sp³-hybridized carbons (Fsp3) is 0. The van der Waals surface area contributed by atoms with E-state index >= 15 is 0 Å². The maximum atomic E-state index is 10.9. The van der Waals surface area contributed by atoms with E-state index in [1.807, 2.05) is 84.9 Å². The summed E-state index contributed by atoms with van der Waals surface area (Å²) < 4.78 is 14.8. The van der Waals surface area contributed by atoms with Gasteiger partial charge in [0.25, 0.3) is 0 Å². The van der Waals surface area contributed by atoms with Crippen LogP contribution in [-0.2, 0) is 0 Å². The predicted molar refractivity (Wildman–Crippen MR) is 213 cm³/mol. The Labute approximate surface area is 314 Å². The number of phenolic OH excluding ortho intramolecular Hbond substituents is 5. The van der Waals surface area contributed by atoms with E-state index in [2.05, 4.69) is 44.9 Å². The molecular formula is C45H26N4O7. The first-order chi connectivity index (χ1) is 27.3. The molecule has 0 bridgehead atoms. The van der Waals surface area contributed by atoms with Crippen LogP contribution >= 0.6 is 0 Å². The SMILES string of the molecule is Oc1c(O)c(O)c(-c2nc(-c3ccc4c(c3)oc3ccccc34)nc(-c3ccc4c(c3)oc3ccc(-n5c6ccccc6c6ccccc65)cc34)n2)c(O)c1O. The van der Waals surface area contributed by atoms with Crippen LogP contribution in [0, 0.1) is 0 Å². The molecule has 0 fully saturated rings. The highest BCUT2D eigenvalue weighted by molar-refractivity contribution is 6.11. The largest absolute Gasteiger partial charge is 0.504 e. The Morgan fingerprint density at radius 2 is 0.839 bits per heavy atom. The third-order valence-corrected chi connectivity index (χ3v) is 10.4. The topological polar surface area (TPSA) is 171 Å². The standard InChI is InChI=1S/C45H26N4O7/c50-38-37(39(51)41(53)42(54)40(38)52)45-47-43(22-13-16-28-27-9-3-6-12-33(27)55-35(28)19-22)46-44(48-45)23-14-17-29-30-21-24(15-18-34(30)56-36(29)20-23)49-31-10-4-1-7-25(31)26-8-2-5-11-32(26)49/h1-21,50-54H. The summed E-state index contributed by atoms with van der Waals surface area (Å²) in [5.41, 5.74) is 6.25. The minimum Gasteiger partial charge on any atom is -0.504 e. The van der Waals surface area contributed by atoms with Crippen molar-refractivity contribution in [2.45, 2.75) is 0 Å². The number of hydrogen-bond donors (Lipinski definition) is 5. The van der Waals surface area contributed by atoms with E-state index in [9.17, 15) is 25.5 Å². The quantitative estimate of drug-likeness (QED) is 0.0865. The third-order valence-electron chi connectivity index (χ3n) is 10.4. The Morgan fingerprint density at radius 3 is 1.45 bits per heavy atom. The van der Waals surface area contributed by atoms with Crippen molar-refractivity contribution < 1.29 is 34.4 Å². The van der Waals surface area contributed by atoms with Crippen molar-refractivity contribution in [3.63, 3.8) is 0 Å². The Bertz CT molecular complexity index is 3370. The van der Waals surface area contributed by atoms with E-state index in [0.717, 1.165) is 49.0 Å². The summed E-state index contributed by atoms with van der Waals surface area (Å²) >= 11 is 0. The first-order valence-electron chi connectivity index (χ1n) is 17.6. The van der Waals surface area contributed by atoms with Gasteiger partial charge in [0.2, 0.25) is 17.2 Å². The molecule has 11 heteroatoms. The highest BCUT2D eigenvalue weighted by Crippen LogP contribution is 2.54. The maximum absolute atomic E-state index is 10.9. The summed E-state index contributed by atoms with van der Waals surface area (Å²) in [5, 5.41) is 58.7. The molecule has 4 heterocycles. The fourth-order valence-corrected chi connectivity index (χ4v) is 7.75. The van der Waals surface area contributed by atoms with Gasteiger partial charge in [-0.1, -0.05) is 66.7 Å². The lowest BCUT2D eigenvalue weighted by Gasteiger charge is -2.13. The molecule has 0 aliphatic rings. The van der Waals surface area contributed by atoms with Crippen LogP contribution in [0.25, 0.3) is 106 Å². The molecule has 11 nitrogen and oxygen atoms in total. The lowest BCUT2D eigenvalue weighted by atomic mass is 10.1. The molecular weight excluding hydrogens is 709 g/mol. The summed E-state index contributed by atoms with van der Waals surface area (Å²) in [4.78, 5) is 13.9. The molecule has 0 unspecified atom stereocenters. The number of hydrogen-bond acceptors (Lipinski definition) is 10. The Hall–Kier alpha value is -8.05. The average molecular weight is 735 g/mol. The average Bonchev–Trinajstić information content (AvgIpc) is 3.90. The molecule has 0 spiro atoms. The van der Waals surface area contributed by atoms with Gasteiger partial charge in [0.15, 0.2) is 29.0 Å². The molecule has 4 aromatic heterocycles. The van der Waals surface area contributed by atoms with Gasteiger partial charge in [0.05, 0.1) is 11.0 Å². The van der Waals surface area contributed by atoms with Gasteiger partial charge in [-0.25, -0.2) is 15.0 Å². The number of furan rings is 2. The second-order valence-electron chi connectivity index (χ2n) is 13.6. The number of nitrogens with zero attached hydrogens (tertiary/aromatic N) is 4. The molecule has 0 aliphatic heterocycles. The molecule has 11 aromatic rings. The molecule has 0 saturated heterocycles. The van der Waals surface area contributed by atoms with Crippen LogP contribution in [0.4, 0.5) is 0 Å². The van der Waals surface area contributed by atoms with Crippen LogP contribution in [0.15, 0.2) is 136 Å². The normalized spacial score (nSPS) is 11.9. The molecule has 0 atom stereocenters. The molecule has 0 aliphatic carbocycles. The Morgan fingerprint density at radius 1 is 0.375 bits per heavy atom. The summed E-state index contributed by atoms with van der Waals surface area (Å²) in [7, 11) is 0. The van der Waals surface area contributed by atoms with Gasteiger partial charge in [-0.05, 0) is 60.7 Å². The van der Waals surface area contributed by atoms with Gasteiger partial charge >= 0.3 is 0 Å².